The van der Waals surface area contributed by atoms with Crippen molar-refractivity contribution >= 4 is 10.4 Å². The van der Waals surface area contributed by atoms with Crippen LogP contribution in [-0.2, 0) is 15.1 Å². The van der Waals surface area contributed by atoms with Gasteiger partial charge in [-0.05, 0) is 12.8 Å². The summed E-state index contributed by atoms with van der Waals surface area (Å²) in [6.45, 7) is 5.18. The van der Waals surface area contributed by atoms with Crippen molar-refractivity contribution in [3.05, 3.63) is 0 Å². The van der Waals surface area contributed by atoms with E-state index in [2.05, 4.69) is 13.8 Å². The molecule has 0 fully saturated rings. The summed E-state index contributed by atoms with van der Waals surface area (Å²) in [7, 11) is -4.67. The third kappa shape index (κ3) is 33.8. The van der Waals surface area contributed by atoms with Gasteiger partial charge in [0.15, 0.2) is 0 Å². The van der Waals surface area contributed by atoms with Gasteiger partial charge in [-0.2, -0.15) is 8.42 Å². The first-order valence-electron chi connectivity index (χ1n) is 10.8. The smallest absolute Gasteiger partial charge is 0.394 e. The van der Waals surface area contributed by atoms with E-state index in [4.69, 9.17) is 27.4 Å². The number of aliphatic hydroxyl groups is 1. The van der Waals surface area contributed by atoms with Crippen LogP contribution in [0.1, 0.15) is 110 Å². The van der Waals surface area contributed by atoms with Crippen molar-refractivity contribution in [2.75, 3.05) is 13.2 Å². The van der Waals surface area contributed by atoms with Crippen LogP contribution in [0.15, 0.2) is 0 Å². The first-order chi connectivity index (χ1) is 12.8. The summed E-state index contributed by atoms with van der Waals surface area (Å²) in [6.07, 6.45) is 20.5. The number of aliphatic hydroxyl groups excluding tert-OH is 1. The predicted molar refractivity (Wildman–Crippen MR) is 112 cm³/mol. The third-order valence-electron chi connectivity index (χ3n) is 4.45. The second-order valence-corrected chi connectivity index (χ2v) is 8.03. The zero-order valence-electron chi connectivity index (χ0n) is 17.6. The van der Waals surface area contributed by atoms with E-state index in [0.29, 0.717) is 12.7 Å². The van der Waals surface area contributed by atoms with Gasteiger partial charge in [0.25, 0.3) is 0 Å². The largest absolute Gasteiger partial charge is 0.394 e. The summed E-state index contributed by atoms with van der Waals surface area (Å²) < 4.78 is 37.4. The Kier molecular flexibility index (Phi) is 23.7. The minimum atomic E-state index is -4.67. The molecule has 1 unspecified atom stereocenters. The van der Waals surface area contributed by atoms with E-state index in [1.807, 2.05) is 0 Å². The van der Waals surface area contributed by atoms with E-state index in [1.165, 1.54) is 96.3 Å². The maximum atomic E-state index is 8.91. The molecule has 0 radical (unpaired) electrons. The van der Waals surface area contributed by atoms with E-state index < -0.39 is 10.4 Å². The van der Waals surface area contributed by atoms with Gasteiger partial charge >= 0.3 is 10.4 Å². The topological polar surface area (TPSA) is 104 Å². The Hall–Kier alpha value is -0.210. The molecular weight excluding hydrogens is 368 g/mol. The Morgan fingerprint density at radius 1 is 0.704 bits per heavy atom. The van der Waals surface area contributed by atoms with Gasteiger partial charge in [-0.15, -0.1) is 0 Å². The summed E-state index contributed by atoms with van der Waals surface area (Å²) in [5, 5.41) is 8.91. The summed E-state index contributed by atoms with van der Waals surface area (Å²) in [5.74, 6) is 0. The van der Waals surface area contributed by atoms with Gasteiger partial charge in [0.05, 0.1) is 19.3 Å². The molecule has 6 nitrogen and oxygen atoms in total. The molecule has 0 rings (SSSR count). The molecule has 0 aromatic heterocycles. The highest BCUT2D eigenvalue weighted by Crippen LogP contribution is 2.16. The second-order valence-electron chi connectivity index (χ2n) is 7.13. The molecule has 0 aromatic rings. The molecular formula is C20H44O6S. The lowest BCUT2D eigenvalue weighted by Gasteiger charge is -2.17. The first kappa shape index (κ1) is 29.0. The fourth-order valence-electron chi connectivity index (χ4n) is 3.01. The molecule has 0 aliphatic carbocycles. The van der Waals surface area contributed by atoms with E-state index in [1.54, 1.807) is 0 Å². The second kappa shape index (κ2) is 22.1. The molecule has 166 valence electrons. The third-order valence-corrected chi connectivity index (χ3v) is 4.45. The molecule has 0 spiro atoms. The van der Waals surface area contributed by atoms with Crippen molar-refractivity contribution in [1.82, 2.24) is 0 Å². The van der Waals surface area contributed by atoms with Crippen molar-refractivity contribution in [1.29, 1.82) is 0 Å². The maximum absolute atomic E-state index is 8.91. The van der Waals surface area contributed by atoms with Crippen LogP contribution in [0.4, 0.5) is 0 Å². The van der Waals surface area contributed by atoms with Gasteiger partial charge in [0.2, 0.25) is 0 Å². The number of unbranched alkanes of at least 4 members (excludes halogenated alkanes) is 11. The zero-order valence-corrected chi connectivity index (χ0v) is 18.4. The minimum Gasteiger partial charge on any atom is -0.394 e. The fraction of sp³-hybridized carbons (Fsp3) is 1.00. The lowest BCUT2D eigenvalue weighted by molar-refractivity contribution is 0.0168. The Bertz CT molecular complexity index is 365. The van der Waals surface area contributed by atoms with Crippen LogP contribution in [0.3, 0.4) is 0 Å². The fourth-order valence-corrected chi connectivity index (χ4v) is 3.01. The van der Waals surface area contributed by atoms with Crippen LogP contribution >= 0.6 is 0 Å². The first-order valence-corrected chi connectivity index (χ1v) is 12.2. The van der Waals surface area contributed by atoms with Crippen LogP contribution in [0.25, 0.3) is 0 Å². The normalized spacial score (nSPS) is 12.5. The molecule has 0 amide bonds. The molecule has 0 aromatic carbocycles. The van der Waals surface area contributed by atoms with Crippen molar-refractivity contribution in [2.45, 2.75) is 116 Å². The SMILES string of the molecule is CCCCCCCCCCCCC(CCCCC)OCCO.O=S(=O)(O)O. The number of rotatable bonds is 18. The van der Waals surface area contributed by atoms with E-state index >= 15 is 0 Å². The van der Waals surface area contributed by atoms with Crippen LogP contribution in [0, 0.1) is 0 Å². The van der Waals surface area contributed by atoms with E-state index in [0.717, 1.165) is 0 Å². The number of hydrogen-bond acceptors (Lipinski definition) is 4. The minimum absolute atomic E-state index is 0.155. The summed E-state index contributed by atoms with van der Waals surface area (Å²) in [6, 6.07) is 0. The highest BCUT2D eigenvalue weighted by atomic mass is 32.3. The van der Waals surface area contributed by atoms with Crippen LogP contribution in [0.5, 0.6) is 0 Å². The highest BCUT2D eigenvalue weighted by Gasteiger charge is 2.08. The van der Waals surface area contributed by atoms with Gasteiger partial charge in [-0.1, -0.05) is 97.3 Å². The summed E-state index contributed by atoms with van der Waals surface area (Å²) in [5.41, 5.74) is 0. The average molecular weight is 413 g/mol. The van der Waals surface area contributed by atoms with Crippen molar-refractivity contribution in [3.63, 3.8) is 0 Å². The highest BCUT2D eigenvalue weighted by molar-refractivity contribution is 7.79. The summed E-state index contributed by atoms with van der Waals surface area (Å²) >= 11 is 0. The number of ether oxygens (including phenoxy) is 1. The average Bonchev–Trinajstić information content (AvgIpc) is 2.59. The summed E-state index contributed by atoms with van der Waals surface area (Å²) in [4.78, 5) is 0. The molecule has 7 heteroatoms. The van der Waals surface area contributed by atoms with Crippen molar-refractivity contribution in [2.24, 2.45) is 0 Å². The Balaban J connectivity index is 0. The number of hydrogen-bond donors (Lipinski definition) is 3. The lowest BCUT2D eigenvalue weighted by Crippen LogP contribution is -2.15. The van der Waals surface area contributed by atoms with Crippen molar-refractivity contribution in [3.8, 4) is 0 Å². The molecule has 3 N–H and O–H groups in total. The molecule has 27 heavy (non-hydrogen) atoms. The predicted octanol–water partition coefficient (Wildman–Crippen LogP) is 5.60. The quantitative estimate of drug-likeness (QED) is 0.200. The van der Waals surface area contributed by atoms with E-state index in [9.17, 15) is 0 Å². The molecule has 0 saturated heterocycles. The monoisotopic (exact) mass is 412 g/mol. The van der Waals surface area contributed by atoms with Gasteiger partial charge in [-0.25, -0.2) is 0 Å². The molecule has 0 bridgehead atoms. The molecule has 1 atom stereocenters. The molecule has 0 aliphatic heterocycles. The van der Waals surface area contributed by atoms with Gasteiger partial charge in [-0.3, -0.25) is 9.11 Å². The van der Waals surface area contributed by atoms with E-state index in [-0.39, 0.29) is 6.61 Å². The standard InChI is InChI=1S/C20H42O2.H2O4S/c1-3-5-7-8-9-10-11-12-13-15-17-20(22-19-18-21)16-14-6-4-2;1-5(2,3)4/h20-21H,3-19H2,1-2H3;(H2,1,2,3,4). The van der Waals surface area contributed by atoms with Crippen LogP contribution in [-0.4, -0.2) is 41.9 Å². The Morgan fingerprint density at radius 3 is 1.44 bits per heavy atom. The molecule has 0 saturated carbocycles. The Labute approximate surface area is 167 Å². The van der Waals surface area contributed by atoms with Crippen LogP contribution < -0.4 is 0 Å². The molecule has 0 aliphatic rings. The Morgan fingerprint density at radius 2 is 1.04 bits per heavy atom. The van der Waals surface area contributed by atoms with Crippen LogP contribution in [0.2, 0.25) is 0 Å². The zero-order chi connectivity index (χ0) is 20.8. The van der Waals surface area contributed by atoms with Gasteiger partial charge in [0, 0.05) is 0 Å². The molecule has 0 heterocycles. The van der Waals surface area contributed by atoms with Gasteiger partial charge < -0.3 is 9.84 Å². The maximum Gasteiger partial charge on any atom is 0.394 e. The van der Waals surface area contributed by atoms with Crippen molar-refractivity contribution < 1.29 is 27.4 Å². The lowest BCUT2D eigenvalue weighted by atomic mass is 10.0. The van der Waals surface area contributed by atoms with Gasteiger partial charge in [0.1, 0.15) is 0 Å².